The number of nitrogens with one attached hydrogen (secondary N) is 1. The van der Waals surface area contributed by atoms with E-state index in [1.165, 1.54) is 0 Å². The highest BCUT2D eigenvalue weighted by atomic mass is 16.5. The first-order valence-electron chi connectivity index (χ1n) is 5.30. The predicted octanol–water partition coefficient (Wildman–Crippen LogP) is 0.233. The first-order valence-corrected chi connectivity index (χ1v) is 5.30. The van der Waals surface area contributed by atoms with Gasteiger partial charge in [-0.3, -0.25) is 4.79 Å². The number of hydrogen-bond donors (Lipinski definition) is 1. The summed E-state index contributed by atoms with van der Waals surface area (Å²) in [6.07, 6.45) is 2.26. The maximum absolute atomic E-state index is 11.4. The van der Waals surface area contributed by atoms with Gasteiger partial charge in [0, 0.05) is 19.1 Å². The Bertz CT molecular complexity index is 185. The molecule has 1 aliphatic rings. The highest BCUT2D eigenvalue weighted by Gasteiger charge is 2.20. The molecule has 1 amide bonds. The summed E-state index contributed by atoms with van der Waals surface area (Å²) in [5.74, 6) is 0.118. The van der Waals surface area contributed by atoms with Crippen molar-refractivity contribution < 1.29 is 9.53 Å². The molecule has 0 spiro atoms. The molecule has 82 valence electrons. The lowest BCUT2D eigenvalue weighted by atomic mass is 10.1. The van der Waals surface area contributed by atoms with E-state index in [1.54, 1.807) is 0 Å². The topological polar surface area (TPSA) is 41.6 Å². The maximum Gasteiger partial charge on any atom is 0.248 e. The Labute approximate surface area is 85.6 Å². The Kier molecular flexibility index (Phi) is 4.90. The van der Waals surface area contributed by atoms with E-state index >= 15 is 0 Å². The van der Waals surface area contributed by atoms with Gasteiger partial charge in [0.1, 0.15) is 6.61 Å². The van der Waals surface area contributed by atoms with Gasteiger partial charge in [0.15, 0.2) is 0 Å². The molecule has 0 aromatic rings. The van der Waals surface area contributed by atoms with E-state index in [4.69, 9.17) is 4.74 Å². The summed E-state index contributed by atoms with van der Waals surface area (Å²) in [5.41, 5.74) is 0. The van der Waals surface area contributed by atoms with Gasteiger partial charge in [-0.15, -0.1) is 0 Å². The number of rotatable bonds is 5. The Hall–Kier alpha value is -0.610. The molecule has 1 atom stereocenters. The normalized spacial score (nSPS) is 19.9. The second-order valence-corrected chi connectivity index (χ2v) is 3.67. The number of carbonyl (C=O) groups is 1. The van der Waals surface area contributed by atoms with E-state index in [9.17, 15) is 4.79 Å². The van der Waals surface area contributed by atoms with Crippen molar-refractivity contribution in [3.63, 3.8) is 0 Å². The molecule has 1 rings (SSSR count). The summed E-state index contributed by atoms with van der Waals surface area (Å²) in [7, 11) is 1.95. The van der Waals surface area contributed by atoms with Crippen LogP contribution in [0, 0.1) is 0 Å². The van der Waals surface area contributed by atoms with Crippen LogP contribution in [-0.2, 0) is 9.53 Å². The number of ether oxygens (including phenoxy) is 1. The van der Waals surface area contributed by atoms with Gasteiger partial charge in [0.2, 0.25) is 5.91 Å². The molecule has 0 aromatic carbocycles. The molecule has 1 fully saturated rings. The first-order chi connectivity index (χ1) is 6.77. The molecule has 0 saturated carbocycles. The molecule has 1 heterocycles. The van der Waals surface area contributed by atoms with Crippen LogP contribution in [0.4, 0.5) is 0 Å². The van der Waals surface area contributed by atoms with E-state index in [0.29, 0.717) is 12.6 Å². The molecule has 1 saturated heterocycles. The molecule has 1 unspecified atom stereocenters. The molecule has 0 bridgehead atoms. The fourth-order valence-corrected chi connectivity index (χ4v) is 1.68. The minimum absolute atomic E-state index is 0.118. The molecule has 4 heteroatoms. The second kappa shape index (κ2) is 5.98. The average Bonchev–Trinajstić information content (AvgIpc) is 2.20. The number of nitrogens with zero attached hydrogens (tertiary/aromatic N) is 1. The summed E-state index contributed by atoms with van der Waals surface area (Å²) < 4.78 is 5.08. The quantitative estimate of drug-likeness (QED) is 0.691. The van der Waals surface area contributed by atoms with Gasteiger partial charge in [-0.05, 0) is 13.5 Å². The van der Waals surface area contributed by atoms with E-state index in [1.807, 2.05) is 11.9 Å². The largest absolute Gasteiger partial charge is 0.370 e. The SMILES string of the molecule is CCCC(CN1CCOCC1=O)NC. The molecule has 4 nitrogen and oxygen atoms in total. The van der Waals surface area contributed by atoms with Crippen molar-refractivity contribution in [2.24, 2.45) is 0 Å². The van der Waals surface area contributed by atoms with Crippen LogP contribution in [0.25, 0.3) is 0 Å². The molecule has 0 aliphatic carbocycles. The minimum Gasteiger partial charge on any atom is -0.370 e. The van der Waals surface area contributed by atoms with E-state index < -0.39 is 0 Å². The summed E-state index contributed by atoms with van der Waals surface area (Å²) in [6.45, 7) is 4.63. The number of amides is 1. The van der Waals surface area contributed by atoms with Gasteiger partial charge < -0.3 is 15.0 Å². The number of carbonyl (C=O) groups excluding carboxylic acids is 1. The number of morpholine rings is 1. The van der Waals surface area contributed by atoms with Crippen LogP contribution in [0.2, 0.25) is 0 Å². The van der Waals surface area contributed by atoms with E-state index in [2.05, 4.69) is 12.2 Å². The predicted molar refractivity (Wildman–Crippen MR) is 55.2 cm³/mol. The molecule has 0 aromatic heterocycles. The zero-order chi connectivity index (χ0) is 10.4. The van der Waals surface area contributed by atoms with Crippen LogP contribution in [0.3, 0.4) is 0 Å². The fourth-order valence-electron chi connectivity index (χ4n) is 1.68. The summed E-state index contributed by atoms with van der Waals surface area (Å²) in [4.78, 5) is 13.3. The maximum atomic E-state index is 11.4. The zero-order valence-corrected chi connectivity index (χ0v) is 9.08. The van der Waals surface area contributed by atoms with E-state index in [-0.39, 0.29) is 12.5 Å². The summed E-state index contributed by atoms with van der Waals surface area (Å²) in [5, 5.41) is 3.24. The molecule has 0 radical (unpaired) electrons. The van der Waals surface area contributed by atoms with Crippen molar-refractivity contribution >= 4 is 5.91 Å². The van der Waals surface area contributed by atoms with Crippen LogP contribution in [0.5, 0.6) is 0 Å². The van der Waals surface area contributed by atoms with Crippen LogP contribution in [-0.4, -0.2) is 50.2 Å². The molecule has 14 heavy (non-hydrogen) atoms. The third-order valence-corrected chi connectivity index (χ3v) is 2.57. The van der Waals surface area contributed by atoms with Gasteiger partial charge in [0.05, 0.1) is 6.61 Å². The first kappa shape index (κ1) is 11.5. The molecular weight excluding hydrogens is 180 g/mol. The number of hydrogen-bond acceptors (Lipinski definition) is 3. The second-order valence-electron chi connectivity index (χ2n) is 3.67. The van der Waals surface area contributed by atoms with Crippen molar-refractivity contribution in [2.75, 3.05) is 33.4 Å². The lowest BCUT2D eigenvalue weighted by molar-refractivity contribution is -0.143. The van der Waals surface area contributed by atoms with Gasteiger partial charge in [0.25, 0.3) is 0 Å². The Morgan fingerprint density at radius 2 is 2.43 bits per heavy atom. The summed E-state index contributed by atoms with van der Waals surface area (Å²) in [6, 6.07) is 0.419. The highest BCUT2D eigenvalue weighted by molar-refractivity contribution is 5.78. The molecular formula is C10H20N2O2. The van der Waals surface area contributed by atoms with Crippen molar-refractivity contribution in [1.82, 2.24) is 10.2 Å². The number of likely N-dealkylation sites (N-methyl/N-ethyl adjacent to an activating group) is 1. The van der Waals surface area contributed by atoms with E-state index in [0.717, 1.165) is 25.9 Å². The standard InChI is InChI=1S/C10H20N2O2/c1-3-4-9(11-2)7-12-5-6-14-8-10(12)13/h9,11H,3-8H2,1-2H3. The summed E-state index contributed by atoms with van der Waals surface area (Å²) >= 11 is 0. The van der Waals surface area contributed by atoms with Crippen molar-refractivity contribution in [1.29, 1.82) is 0 Å². The van der Waals surface area contributed by atoms with Crippen molar-refractivity contribution in [3.8, 4) is 0 Å². The van der Waals surface area contributed by atoms with Crippen molar-refractivity contribution in [2.45, 2.75) is 25.8 Å². The van der Waals surface area contributed by atoms with Crippen LogP contribution < -0.4 is 5.32 Å². The molecule has 1 N–H and O–H groups in total. The van der Waals surface area contributed by atoms with Crippen LogP contribution in [0.15, 0.2) is 0 Å². The monoisotopic (exact) mass is 200 g/mol. The van der Waals surface area contributed by atoms with Gasteiger partial charge in [-0.25, -0.2) is 0 Å². The highest BCUT2D eigenvalue weighted by Crippen LogP contribution is 2.03. The van der Waals surface area contributed by atoms with Gasteiger partial charge >= 0.3 is 0 Å². The molecule has 1 aliphatic heterocycles. The van der Waals surface area contributed by atoms with Crippen LogP contribution >= 0.6 is 0 Å². The average molecular weight is 200 g/mol. The minimum atomic E-state index is 0.118. The lowest BCUT2D eigenvalue weighted by Crippen LogP contribution is -2.48. The van der Waals surface area contributed by atoms with Crippen LogP contribution in [0.1, 0.15) is 19.8 Å². The van der Waals surface area contributed by atoms with Gasteiger partial charge in [-0.2, -0.15) is 0 Å². The third-order valence-electron chi connectivity index (χ3n) is 2.57. The Morgan fingerprint density at radius 3 is 3.00 bits per heavy atom. The smallest absolute Gasteiger partial charge is 0.248 e. The Morgan fingerprint density at radius 1 is 1.64 bits per heavy atom. The zero-order valence-electron chi connectivity index (χ0n) is 9.08. The Balaban J connectivity index is 2.35. The van der Waals surface area contributed by atoms with Crippen molar-refractivity contribution in [3.05, 3.63) is 0 Å². The lowest BCUT2D eigenvalue weighted by Gasteiger charge is -2.30. The van der Waals surface area contributed by atoms with Gasteiger partial charge in [-0.1, -0.05) is 13.3 Å². The fraction of sp³-hybridized carbons (Fsp3) is 0.900. The third kappa shape index (κ3) is 3.27.